The van der Waals surface area contributed by atoms with E-state index in [2.05, 4.69) is 29.4 Å². The predicted octanol–water partition coefficient (Wildman–Crippen LogP) is 3.46. The highest BCUT2D eigenvalue weighted by Crippen LogP contribution is 2.11. The average Bonchev–Trinajstić information content (AvgIpc) is 2.61. The lowest BCUT2D eigenvalue weighted by Crippen LogP contribution is -2.18. The van der Waals surface area contributed by atoms with E-state index in [0.717, 1.165) is 17.7 Å². The Kier molecular flexibility index (Phi) is 6.70. The Bertz CT molecular complexity index is 679. The first-order valence-corrected chi connectivity index (χ1v) is 8.13. The van der Waals surface area contributed by atoms with E-state index in [1.807, 2.05) is 25.1 Å². The molecule has 1 atom stereocenters. The molecule has 0 aliphatic carbocycles. The molecular formula is C20H24N2O2. The third-order valence-electron chi connectivity index (χ3n) is 3.99. The fourth-order valence-corrected chi connectivity index (χ4v) is 2.36. The van der Waals surface area contributed by atoms with Crippen LogP contribution in [0.3, 0.4) is 0 Å². The number of nitrogens with zero attached hydrogens (tertiary/aromatic N) is 1. The Labute approximate surface area is 143 Å². The standard InChI is InChI=1S/C20H24N2O2/c1-15(12-17-6-4-3-5-7-17)16(2)21-13-20(24)22-19-10-8-18(14-23)9-11-19/h3-11,15,23H,12-14H2,1-2H3,(H,22,24). The zero-order valence-corrected chi connectivity index (χ0v) is 14.2. The first-order valence-electron chi connectivity index (χ1n) is 8.13. The van der Waals surface area contributed by atoms with Crippen LogP contribution in [0.2, 0.25) is 0 Å². The fourth-order valence-electron chi connectivity index (χ4n) is 2.36. The van der Waals surface area contributed by atoms with Gasteiger partial charge in [-0.25, -0.2) is 0 Å². The normalized spacial score (nSPS) is 12.7. The summed E-state index contributed by atoms with van der Waals surface area (Å²) < 4.78 is 0. The fraction of sp³-hybridized carbons (Fsp3) is 0.300. The van der Waals surface area contributed by atoms with Gasteiger partial charge in [0.1, 0.15) is 6.54 Å². The van der Waals surface area contributed by atoms with E-state index in [9.17, 15) is 4.79 Å². The molecule has 0 bridgehead atoms. The van der Waals surface area contributed by atoms with Crippen LogP contribution >= 0.6 is 0 Å². The summed E-state index contributed by atoms with van der Waals surface area (Å²) in [6.45, 7) is 4.21. The molecule has 1 amide bonds. The lowest BCUT2D eigenvalue weighted by molar-refractivity contribution is -0.114. The largest absolute Gasteiger partial charge is 0.392 e. The Morgan fingerprint density at radius 1 is 1.08 bits per heavy atom. The van der Waals surface area contributed by atoms with Gasteiger partial charge in [-0.15, -0.1) is 0 Å². The first kappa shape index (κ1) is 17.9. The highest BCUT2D eigenvalue weighted by atomic mass is 16.3. The smallest absolute Gasteiger partial charge is 0.246 e. The van der Waals surface area contributed by atoms with Crippen LogP contribution in [0.15, 0.2) is 59.6 Å². The Morgan fingerprint density at radius 2 is 1.75 bits per heavy atom. The number of carbonyl (C=O) groups is 1. The van der Waals surface area contributed by atoms with Crippen molar-refractivity contribution in [2.75, 3.05) is 11.9 Å². The Balaban J connectivity index is 1.85. The Morgan fingerprint density at radius 3 is 2.38 bits per heavy atom. The number of rotatable bonds is 7. The summed E-state index contributed by atoms with van der Waals surface area (Å²) in [6, 6.07) is 17.4. The first-order chi connectivity index (χ1) is 11.6. The molecule has 2 rings (SSSR count). The number of amides is 1. The summed E-state index contributed by atoms with van der Waals surface area (Å²) in [5.41, 5.74) is 3.77. The topological polar surface area (TPSA) is 61.7 Å². The van der Waals surface area contributed by atoms with Gasteiger partial charge in [-0.3, -0.25) is 9.79 Å². The maximum Gasteiger partial charge on any atom is 0.246 e. The molecular weight excluding hydrogens is 300 g/mol. The molecule has 0 radical (unpaired) electrons. The van der Waals surface area contributed by atoms with Crippen molar-refractivity contribution in [3.8, 4) is 0 Å². The highest BCUT2D eigenvalue weighted by molar-refractivity contribution is 5.94. The van der Waals surface area contributed by atoms with E-state index >= 15 is 0 Å². The number of nitrogens with one attached hydrogen (secondary N) is 1. The van der Waals surface area contributed by atoms with Crippen molar-refractivity contribution >= 4 is 17.3 Å². The SMILES string of the molecule is CC(=NCC(=O)Nc1ccc(CO)cc1)C(C)Cc1ccccc1. The number of hydrogen-bond donors (Lipinski definition) is 2. The van der Waals surface area contributed by atoms with Gasteiger partial charge in [-0.05, 0) is 42.5 Å². The molecule has 0 fully saturated rings. The minimum Gasteiger partial charge on any atom is -0.392 e. The summed E-state index contributed by atoms with van der Waals surface area (Å²) in [5, 5.41) is 11.8. The van der Waals surface area contributed by atoms with Crippen molar-refractivity contribution in [2.24, 2.45) is 10.9 Å². The molecule has 2 aromatic rings. The number of aliphatic hydroxyl groups excluding tert-OH is 1. The van der Waals surface area contributed by atoms with Gasteiger partial charge in [-0.2, -0.15) is 0 Å². The van der Waals surface area contributed by atoms with Crippen molar-refractivity contribution in [1.82, 2.24) is 0 Å². The minimum atomic E-state index is -0.141. The maximum atomic E-state index is 12.0. The number of carbonyl (C=O) groups excluding carboxylic acids is 1. The van der Waals surface area contributed by atoms with Gasteiger partial charge in [0.2, 0.25) is 5.91 Å². The van der Waals surface area contributed by atoms with Gasteiger partial charge >= 0.3 is 0 Å². The lowest BCUT2D eigenvalue weighted by atomic mass is 9.97. The number of aliphatic imine (C=N–C) groups is 1. The van der Waals surface area contributed by atoms with E-state index in [0.29, 0.717) is 11.6 Å². The second-order valence-corrected chi connectivity index (χ2v) is 5.95. The molecule has 0 heterocycles. The van der Waals surface area contributed by atoms with Crippen LogP contribution in [-0.4, -0.2) is 23.3 Å². The van der Waals surface area contributed by atoms with Crippen molar-refractivity contribution in [3.05, 3.63) is 65.7 Å². The highest BCUT2D eigenvalue weighted by Gasteiger charge is 2.08. The summed E-state index contributed by atoms with van der Waals surface area (Å²) in [5.74, 6) is 0.155. The van der Waals surface area contributed by atoms with Crippen molar-refractivity contribution in [2.45, 2.75) is 26.9 Å². The molecule has 1 unspecified atom stereocenters. The van der Waals surface area contributed by atoms with E-state index < -0.39 is 0 Å². The monoisotopic (exact) mass is 324 g/mol. The Hall–Kier alpha value is -2.46. The number of benzene rings is 2. The molecule has 0 aliphatic rings. The van der Waals surface area contributed by atoms with E-state index in [-0.39, 0.29) is 19.1 Å². The molecule has 0 aliphatic heterocycles. The number of anilines is 1. The van der Waals surface area contributed by atoms with Gasteiger partial charge in [0.15, 0.2) is 0 Å². The molecule has 4 nitrogen and oxygen atoms in total. The van der Waals surface area contributed by atoms with Crippen molar-refractivity contribution in [1.29, 1.82) is 0 Å². The van der Waals surface area contributed by atoms with E-state index in [4.69, 9.17) is 5.11 Å². The third kappa shape index (κ3) is 5.63. The molecule has 24 heavy (non-hydrogen) atoms. The molecule has 126 valence electrons. The maximum absolute atomic E-state index is 12.0. The van der Waals surface area contributed by atoms with Crippen molar-refractivity contribution in [3.63, 3.8) is 0 Å². The van der Waals surface area contributed by atoms with Crippen LogP contribution in [0, 0.1) is 5.92 Å². The second kappa shape index (κ2) is 8.99. The van der Waals surface area contributed by atoms with E-state index in [1.54, 1.807) is 24.3 Å². The molecule has 2 aromatic carbocycles. The summed E-state index contributed by atoms with van der Waals surface area (Å²) in [6.07, 6.45) is 0.917. The van der Waals surface area contributed by atoms with Crippen LogP contribution in [0.25, 0.3) is 0 Å². The molecule has 0 aromatic heterocycles. The molecule has 0 spiro atoms. The lowest BCUT2D eigenvalue weighted by Gasteiger charge is -2.11. The number of hydrogen-bond acceptors (Lipinski definition) is 3. The third-order valence-corrected chi connectivity index (χ3v) is 3.99. The van der Waals surface area contributed by atoms with Crippen molar-refractivity contribution < 1.29 is 9.90 Å². The quantitative estimate of drug-likeness (QED) is 0.766. The van der Waals surface area contributed by atoms with Gasteiger partial charge in [0, 0.05) is 11.4 Å². The number of aliphatic hydroxyl groups is 1. The average molecular weight is 324 g/mol. The zero-order chi connectivity index (χ0) is 17.4. The molecule has 4 heteroatoms. The molecule has 2 N–H and O–H groups in total. The van der Waals surface area contributed by atoms with Crippen LogP contribution < -0.4 is 5.32 Å². The van der Waals surface area contributed by atoms with Gasteiger partial charge in [0.05, 0.1) is 6.61 Å². The van der Waals surface area contributed by atoms with E-state index in [1.165, 1.54) is 5.56 Å². The van der Waals surface area contributed by atoms with Gasteiger partial charge in [0.25, 0.3) is 0 Å². The van der Waals surface area contributed by atoms with Crippen LogP contribution in [0.4, 0.5) is 5.69 Å². The second-order valence-electron chi connectivity index (χ2n) is 5.95. The van der Waals surface area contributed by atoms with Crippen LogP contribution in [-0.2, 0) is 17.8 Å². The summed E-state index contributed by atoms with van der Waals surface area (Å²) in [7, 11) is 0. The zero-order valence-electron chi connectivity index (χ0n) is 14.2. The summed E-state index contributed by atoms with van der Waals surface area (Å²) in [4.78, 5) is 16.4. The molecule has 0 saturated carbocycles. The summed E-state index contributed by atoms with van der Waals surface area (Å²) >= 11 is 0. The van der Waals surface area contributed by atoms with Crippen LogP contribution in [0.1, 0.15) is 25.0 Å². The van der Waals surface area contributed by atoms with Crippen LogP contribution in [0.5, 0.6) is 0 Å². The van der Waals surface area contributed by atoms with Gasteiger partial charge < -0.3 is 10.4 Å². The minimum absolute atomic E-state index is 0.00296. The predicted molar refractivity (Wildman–Crippen MR) is 98.3 cm³/mol. The molecule has 0 saturated heterocycles. The van der Waals surface area contributed by atoms with Gasteiger partial charge in [-0.1, -0.05) is 49.4 Å².